The molecule has 0 aliphatic carbocycles. The maximum absolute atomic E-state index is 13.0. The minimum Gasteiger partial charge on any atom is -0.328 e. The zero-order valence-electron chi connectivity index (χ0n) is 15.8. The molecule has 162 valence electrons. The lowest BCUT2D eigenvalue weighted by atomic mass is 10.0. The van der Waals surface area contributed by atoms with Gasteiger partial charge in [-0.2, -0.15) is 26.3 Å². The van der Waals surface area contributed by atoms with Gasteiger partial charge < -0.3 is 9.88 Å². The number of carbonyl (C=O) groups excluding carboxylic acids is 1. The van der Waals surface area contributed by atoms with E-state index >= 15 is 0 Å². The average molecular weight is 439 g/mol. The number of benzene rings is 2. The van der Waals surface area contributed by atoms with Crippen LogP contribution in [0.3, 0.4) is 0 Å². The van der Waals surface area contributed by atoms with Gasteiger partial charge in [0.1, 0.15) is 5.82 Å². The molecule has 10 heteroatoms. The van der Waals surface area contributed by atoms with Crippen LogP contribution in [0.1, 0.15) is 33.7 Å². The van der Waals surface area contributed by atoms with E-state index in [-0.39, 0.29) is 11.8 Å². The van der Waals surface area contributed by atoms with Crippen LogP contribution in [0.4, 0.5) is 32.0 Å². The third kappa shape index (κ3) is 4.28. The van der Waals surface area contributed by atoms with Crippen molar-refractivity contribution in [3.05, 3.63) is 71.2 Å². The van der Waals surface area contributed by atoms with Crippen LogP contribution in [0.25, 0.3) is 11.3 Å². The van der Waals surface area contributed by atoms with Crippen molar-refractivity contribution in [2.75, 3.05) is 5.32 Å². The van der Waals surface area contributed by atoms with Crippen LogP contribution in [0.2, 0.25) is 0 Å². The van der Waals surface area contributed by atoms with Crippen molar-refractivity contribution in [2.24, 2.45) is 0 Å². The van der Waals surface area contributed by atoms with Gasteiger partial charge in [0, 0.05) is 29.8 Å². The molecule has 0 atom stereocenters. The molecular formula is C21H15F6N3O. The van der Waals surface area contributed by atoms with Crippen molar-refractivity contribution in [2.45, 2.75) is 31.7 Å². The summed E-state index contributed by atoms with van der Waals surface area (Å²) in [5.74, 6) is -0.139. The Labute approximate surface area is 172 Å². The van der Waals surface area contributed by atoms with E-state index < -0.39 is 35.0 Å². The minimum atomic E-state index is -5.03. The van der Waals surface area contributed by atoms with Crippen LogP contribution < -0.4 is 5.32 Å². The van der Waals surface area contributed by atoms with Gasteiger partial charge in [-0.1, -0.05) is 12.1 Å². The van der Waals surface area contributed by atoms with Crippen molar-refractivity contribution in [1.82, 2.24) is 9.55 Å². The number of alkyl halides is 6. The predicted molar refractivity (Wildman–Crippen MR) is 100 cm³/mol. The van der Waals surface area contributed by atoms with E-state index in [1.165, 1.54) is 6.07 Å². The molecule has 4 rings (SSSR count). The third-order valence-electron chi connectivity index (χ3n) is 4.99. The van der Waals surface area contributed by atoms with E-state index in [1.807, 2.05) is 4.57 Å². The Hall–Kier alpha value is -3.30. The molecule has 2 heterocycles. The first-order chi connectivity index (χ1) is 14.5. The lowest BCUT2D eigenvalue weighted by molar-refractivity contribution is -0.143. The van der Waals surface area contributed by atoms with Gasteiger partial charge in [0.2, 0.25) is 0 Å². The Morgan fingerprint density at radius 1 is 0.968 bits per heavy atom. The molecule has 3 aromatic rings. The number of fused-ring (bicyclic) bond motifs is 1. The molecule has 1 aliphatic rings. The highest BCUT2D eigenvalue weighted by molar-refractivity contribution is 6.04. The molecule has 1 N–H and O–H groups in total. The summed E-state index contributed by atoms with van der Waals surface area (Å²) in [5.41, 5.74) is -2.05. The lowest BCUT2D eigenvalue weighted by Crippen LogP contribution is -2.17. The SMILES string of the molecule is O=C(Nc1cccc(-c2cnc3n2CCC3)c1)c1cc(C(F)(F)F)cc(C(F)(F)F)c1. The summed E-state index contributed by atoms with van der Waals surface area (Å²) in [5, 5.41) is 2.38. The largest absolute Gasteiger partial charge is 0.416 e. The van der Waals surface area contributed by atoms with Crippen molar-refractivity contribution in [3.63, 3.8) is 0 Å². The number of hydrogen-bond acceptors (Lipinski definition) is 2. The predicted octanol–water partition coefficient (Wildman–Crippen LogP) is 5.79. The van der Waals surface area contributed by atoms with Crippen molar-refractivity contribution >= 4 is 11.6 Å². The summed E-state index contributed by atoms with van der Waals surface area (Å²) >= 11 is 0. The first-order valence-corrected chi connectivity index (χ1v) is 9.28. The fraction of sp³-hybridized carbons (Fsp3) is 0.238. The molecule has 1 aromatic heterocycles. The van der Waals surface area contributed by atoms with E-state index in [0.29, 0.717) is 12.1 Å². The number of halogens is 6. The number of aryl methyl sites for hydroxylation is 1. The highest BCUT2D eigenvalue weighted by atomic mass is 19.4. The monoisotopic (exact) mass is 439 g/mol. The van der Waals surface area contributed by atoms with Crippen LogP contribution in [0.5, 0.6) is 0 Å². The number of nitrogens with one attached hydrogen (secondary N) is 1. The van der Waals surface area contributed by atoms with Crippen LogP contribution in [0, 0.1) is 0 Å². The third-order valence-corrected chi connectivity index (χ3v) is 4.99. The first-order valence-electron chi connectivity index (χ1n) is 9.28. The number of hydrogen-bond donors (Lipinski definition) is 1. The normalized spacial score (nSPS) is 13.9. The van der Waals surface area contributed by atoms with E-state index in [0.717, 1.165) is 36.5 Å². The van der Waals surface area contributed by atoms with Gasteiger partial charge in [0.05, 0.1) is 23.0 Å². The number of carbonyl (C=O) groups is 1. The Kier molecular flexibility index (Phi) is 5.03. The van der Waals surface area contributed by atoms with E-state index in [1.54, 1.807) is 24.4 Å². The molecule has 0 fully saturated rings. The van der Waals surface area contributed by atoms with Crippen LogP contribution in [0.15, 0.2) is 48.7 Å². The van der Waals surface area contributed by atoms with Gasteiger partial charge in [0.15, 0.2) is 0 Å². The lowest BCUT2D eigenvalue weighted by Gasteiger charge is -2.14. The molecule has 0 saturated heterocycles. The van der Waals surface area contributed by atoms with Crippen LogP contribution in [-0.4, -0.2) is 15.5 Å². The Morgan fingerprint density at radius 3 is 2.29 bits per heavy atom. The highest BCUT2D eigenvalue weighted by Crippen LogP contribution is 2.36. The molecule has 0 spiro atoms. The number of aromatic nitrogens is 2. The first kappa shape index (κ1) is 21.0. The molecule has 4 nitrogen and oxygen atoms in total. The van der Waals surface area contributed by atoms with Gasteiger partial charge >= 0.3 is 12.4 Å². The summed E-state index contributed by atoms with van der Waals surface area (Å²) in [6.45, 7) is 0.797. The Bertz CT molecular complexity index is 1110. The second-order valence-corrected chi connectivity index (χ2v) is 7.14. The molecule has 0 radical (unpaired) electrons. The molecule has 31 heavy (non-hydrogen) atoms. The van der Waals surface area contributed by atoms with Gasteiger partial charge in [-0.05, 0) is 36.8 Å². The summed E-state index contributed by atoms with van der Waals surface area (Å²) in [4.78, 5) is 16.8. The Balaban J connectivity index is 1.64. The summed E-state index contributed by atoms with van der Waals surface area (Å²) in [6.07, 6.45) is -6.55. The fourth-order valence-corrected chi connectivity index (χ4v) is 3.53. The van der Waals surface area contributed by atoms with E-state index in [4.69, 9.17) is 0 Å². The van der Waals surface area contributed by atoms with Crippen molar-refractivity contribution in [3.8, 4) is 11.3 Å². The number of nitrogens with zero attached hydrogens (tertiary/aromatic N) is 2. The van der Waals surface area contributed by atoms with Gasteiger partial charge in [-0.15, -0.1) is 0 Å². The van der Waals surface area contributed by atoms with Gasteiger partial charge in [0.25, 0.3) is 5.91 Å². The summed E-state index contributed by atoms with van der Waals surface area (Å²) in [7, 11) is 0. The molecule has 0 unspecified atom stereocenters. The topological polar surface area (TPSA) is 46.9 Å². The quantitative estimate of drug-likeness (QED) is 0.526. The number of amides is 1. The average Bonchev–Trinajstić information content (AvgIpc) is 3.30. The molecule has 0 saturated carbocycles. The zero-order chi connectivity index (χ0) is 22.4. The number of rotatable bonds is 3. The number of imidazole rings is 1. The second-order valence-electron chi connectivity index (χ2n) is 7.14. The molecule has 2 aromatic carbocycles. The van der Waals surface area contributed by atoms with E-state index in [2.05, 4.69) is 10.3 Å². The summed E-state index contributed by atoms with van der Waals surface area (Å²) in [6, 6.07) is 7.30. The highest BCUT2D eigenvalue weighted by Gasteiger charge is 2.37. The second kappa shape index (κ2) is 7.44. The van der Waals surface area contributed by atoms with E-state index in [9.17, 15) is 31.1 Å². The summed E-state index contributed by atoms with van der Waals surface area (Å²) < 4.78 is 80.3. The Morgan fingerprint density at radius 2 is 1.65 bits per heavy atom. The fourth-order valence-electron chi connectivity index (χ4n) is 3.53. The molecular weight excluding hydrogens is 424 g/mol. The van der Waals surface area contributed by atoms with Gasteiger partial charge in [-0.25, -0.2) is 4.98 Å². The van der Waals surface area contributed by atoms with Crippen LogP contribution >= 0.6 is 0 Å². The maximum atomic E-state index is 13.0. The maximum Gasteiger partial charge on any atom is 0.416 e. The minimum absolute atomic E-state index is 0.0163. The van der Waals surface area contributed by atoms with Crippen LogP contribution in [-0.2, 0) is 25.3 Å². The standard InChI is InChI=1S/C21H15F6N3O/c22-20(23,24)14-7-13(8-15(10-14)21(25,26)27)19(31)29-16-4-1-3-12(9-16)17-11-28-18-5-2-6-30(17)18/h1,3-4,7-11H,2,5-6H2,(H,29,31). The molecule has 1 aliphatic heterocycles. The molecule has 0 bridgehead atoms. The van der Waals surface area contributed by atoms with Crippen molar-refractivity contribution in [1.29, 1.82) is 0 Å². The van der Waals surface area contributed by atoms with Gasteiger partial charge in [-0.3, -0.25) is 4.79 Å². The number of anilines is 1. The van der Waals surface area contributed by atoms with Crippen molar-refractivity contribution < 1.29 is 31.1 Å². The zero-order valence-corrected chi connectivity index (χ0v) is 15.8. The smallest absolute Gasteiger partial charge is 0.328 e. The molecule has 1 amide bonds.